The van der Waals surface area contributed by atoms with Gasteiger partial charge in [0.25, 0.3) is 0 Å². The van der Waals surface area contributed by atoms with Crippen LogP contribution in [0.3, 0.4) is 0 Å². The number of aliphatic hydroxyl groups is 4. The summed E-state index contributed by atoms with van der Waals surface area (Å²) in [6, 6.07) is 5.62. The number of hydrogen-bond donors (Lipinski definition) is 6. The molecule has 0 radical (unpaired) electrons. The molecule has 11 heteroatoms. The molecule has 0 bridgehead atoms. The molecule has 6 atom stereocenters. The van der Waals surface area contributed by atoms with E-state index in [1.54, 1.807) is 6.07 Å². The van der Waals surface area contributed by atoms with Crippen LogP contribution in [0.25, 0.3) is 0 Å². The molecule has 0 spiro atoms. The number of benzene rings is 1. The number of para-hydroxylation sites is 1. The van der Waals surface area contributed by atoms with Crippen molar-refractivity contribution in [2.75, 3.05) is 25.3 Å². The van der Waals surface area contributed by atoms with Crippen LogP contribution in [0.2, 0.25) is 0 Å². The quantitative estimate of drug-likeness (QED) is 0.293. The molecular formula is C21H35FN2O8. The van der Waals surface area contributed by atoms with Crippen LogP contribution >= 0.6 is 0 Å². The third-order valence-electron chi connectivity index (χ3n) is 4.86. The summed E-state index contributed by atoms with van der Waals surface area (Å²) < 4.78 is 28.3. The first-order valence-electron chi connectivity index (χ1n) is 10.5. The van der Waals surface area contributed by atoms with Crippen LogP contribution in [-0.2, 0) is 14.2 Å². The third kappa shape index (κ3) is 10.6. The van der Waals surface area contributed by atoms with Crippen molar-refractivity contribution in [1.29, 1.82) is 0 Å². The number of hydrogen-bond acceptors (Lipinski definition) is 9. The highest BCUT2D eigenvalue weighted by Crippen LogP contribution is 2.23. The van der Waals surface area contributed by atoms with Crippen molar-refractivity contribution in [3.63, 3.8) is 0 Å². The lowest BCUT2D eigenvalue weighted by atomic mass is 9.93. The van der Waals surface area contributed by atoms with Crippen LogP contribution in [0.5, 0.6) is 0 Å². The molecule has 1 aromatic carbocycles. The molecule has 2 rings (SSSR count). The van der Waals surface area contributed by atoms with Crippen molar-refractivity contribution < 1.29 is 43.8 Å². The Labute approximate surface area is 187 Å². The number of nitrogens with two attached hydrogens (primary N) is 1. The standard InChI is InChI=1S/C13H19FN2O5.C8H16O3/c1-8(11(18)6-12(15)20-7-17)21-13(19)16-10-5-3-2-4-9(10)14;1-6-2-7(4-9)3-8(5-10)11-6/h2-5,8,11-12,17-18H,6-7,15H2,1H3,(H,16,19);6-10H,2-5H2,1H3/t8-,11-,12?;6?,7-,8+/m11/s1. The van der Waals surface area contributed by atoms with E-state index < -0.39 is 37.1 Å². The molecule has 1 aromatic rings. The Hall–Kier alpha value is -1.86. The Morgan fingerprint density at radius 1 is 1.28 bits per heavy atom. The molecule has 1 aliphatic rings. The second-order valence-corrected chi connectivity index (χ2v) is 7.62. The minimum Gasteiger partial charge on any atom is -0.444 e. The molecule has 1 heterocycles. The topological polar surface area (TPSA) is 164 Å². The van der Waals surface area contributed by atoms with Gasteiger partial charge in [-0.05, 0) is 44.7 Å². The summed E-state index contributed by atoms with van der Waals surface area (Å²) >= 11 is 0. The highest BCUT2D eigenvalue weighted by atomic mass is 19.1. The van der Waals surface area contributed by atoms with Crippen molar-refractivity contribution in [3.8, 4) is 0 Å². The Morgan fingerprint density at radius 2 is 1.97 bits per heavy atom. The normalized spacial score (nSPS) is 23.3. The van der Waals surface area contributed by atoms with Crippen molar-refractivity contribution in [1.82, 2.24) is 0 Å². The Kier molecular flexibility index (Phi) is 13.3. The maximum atomic E-state index is 13.3. The summed E-state index contributed by atoms with van der Waals surface area (Å²) in [6.07, 6.45) is -1.97. The van der Waals surface area contributed by atoms with Gasteiger partial charge in [0.2, 0.25) is 0 Å². The van der Waals surface area contributed by atoms with E-state index in [1.165, 1.54) is 25.1 Å². The molecule has 1 fully saturated rings. The van der Waals surface area contributed by atoms with Gasteiger partial charge in [0.15, 0.2) is 0 Å². The predicted molar refractivity (Wildman–Crippen MR) is 114 cm³/mol. The lowest BCUT2D eigenvalue weighted by Gasteiger charge is -2.31. The number of nitrogens with one attached hydrogen (secondary N) is 1. The molecule has 0 saturated carbocycles. The number of carbonyl (C=O) groups excluding carboxylic acids is 1. The molecule has 1 saturated heterocycles. The van der Waals surface area contributed by atoms with Crippen LogP contribution < -0.4 is 11.1 Å². The number of rotatable bonds is 9. The van der Waals surface area contributed by atoms with Gasteiger partial charge in [-0.25, -0.2) is 9.18 Å². The van der Waals surface area contributed by atoms with Crippen molar-refractivity contribution >= 4 is 11.8 Å². The van der Waals surface area contributed by atoms with Crippen LogP contribution in [0.4, 0.5) is 14.9 Å². The fourth-order valence-electron chi connectivity index (χ4n) is 3.19. The first-order chi connectivity index (χ1) is 15.2. The molecule has 1 aliphatic heterocycles. The smallest absolute Gasteiger partial charge is 0.412 e. The zero-order valence-corrected chi connectivity index (χ0v) is 18.4. The fourth-order valence-corrected chi connectivity index (χ4v) is 3.19. The Morgan fingerprint density at radius 3 is 2.56 bits per heavy atom. The van der Waals surface area contributed by atoms with Gasteiger partial charge in [-0.2, -0.15) is 0 Å². The van der Waals surface area contributed by atoms with Gasteiger partial charge in [0.1, 0.15) is 24.9 Å². The number of carbonyl (C=O) groups is 1. The Balaban J connectivity index is 0.000000389. The highest BCUT2D eigenvalue weighted by molar-refractivity contribution is 5.84. The minimum absolute atomic E-state index is 0.0236. The van der Waals surface area contributed by atoms with E-state index in [1.807, 2.05) is 6.92 Å². The summed E-state index contributed by atoms with van der Waals surface area (Å²) in [4.78, 5) is 11.6. The SMILES string of the molecule is CC1C[C@@H](CO)C[C@@H](CO)O1.C[C@@H](OC(=O)Nc1ccccc1F)[C@H](O)CC(N)OCO. The molecule has 2 unspecified atom stereocenters. The van der Waals surface area contributed by atoms with Gasteiger partial charge in [-0.3, -0.25) is 5.32 Å². The summed E-state index contributed by atoms with van der Waals surface area (Å²) in [5.41, 5.74) is 5.43. The monoisotopic (exact) mass is 462 g/mol. The highest BCUT2D eigenvalue weighted by Gasteiger charge is 2.25. The lowest BCUT2D eigenvalue weighted by molar-refractivity contribution is -0.0895. The van der Waals surface area contributed by atoms with E-state index in [-0.39, 0.29) is 37.5 Å². The van der Waals surface area contributed by atoms with Gasteiger partial charge in [0.05, 0.1) is 30.6 Å². The number of ether oxygens (including phenoxy) is 3. The molecule has 7 N–H and O–H groups in total. The zero-order valence-electron chi connectivity index (χ0n) is 18.4. The summed E-state index contributed by atoms with van der Waals surface area (Å²) in [7, 11) is 0. The summed E-state index contributed by atoms with van der Waals surface area (Å²) in [6.45, 7) is 3.14. The van der Waals surface area contributed by atoms with E-state index in [0.717, 1.165) is 12.8 Å². The fraction of sp³-hybridized carbons (Fsp3) is 0.667. The maximum Gasteiger partial charge on any atom is 0.412 e. The van der Waals surface area contributed by atoms with E-state index >= 15 is 0 Å². The second-order valence-electron chi connectivity index (χ2n) is 7.62. The van der Waals surface area contributed by atoms with Crippen molar-refractivity contribution in [3.05, 3.63) is 30.1 Å². The van der Waals surface area contributed by atoms with Gasteiger partial charge in [0, 0.05) is 13.0 Å². The van der Waals surface area contributed by atoms with Crippen LogP contribution in [0.15, 0.2) is 24.3 Å². The number of amides is 1. The molecule has 0 aliphatic carbocycles. The molecular weight excluding hydrogens is 427 g/mol. The third-order valence-corrected chi connectivity index (χ3v) is 4.86. The number of aliphatic hydroxyl groups excluding tert-OH is 4. The van der Waals surface area contributed by atoms with Crippen LogP contribution in [0.1, 0.15) is 33.1 Å². The van der Waals surface area contributed by atoms with E-state index in [2.05, 4.69) is 10.1 Å². The van der Waals surface area contributed by atoms with Crippen LogP contribution in [0, 0.1) is 11.7 Å². The second kappa shape index (κ2) is 15.1. The first kappa shape index (κ1) is 28.2. The van der Waals surface area contributed by atoms with Gasteiger partial charge < -0.3 is 40.4 Å². The first-order valence-corrected chi connectivity index (χ1v) is 10.5. The number of halogens is 1. The Bertz CT molecular complexity index is 656. The van der Waals surface area contributed by atoms with E-state index in [4.69, 9.17) is 30.5 Å². The van der Waals surface area contributed by atoms with Gasteiger partial charge in [-0.15, -0.1) is 0 Å². The van der Waals surface area contributed by atoms with E-state index in [0.29, 0.717) is 5.92 Å². The molecule has 10 nitrogen and oxygen atoms in total. The number of anilines is 1. The average molecular weight is 463 g/mol. The van der Waals surface area contributed by atoms with Crippen molar-refractivity contribution in [2.24, 2.45) is 11.7 Å². The molecule has 1 amide bonds. The largest absolute Gasteiger partial charge is 0.444 e. The van der Waals surface area contributed by atoms with E-state index in [9.17, 15) is 14.3 Å². The van der Waals surface area contributed by atoms with Gasteiger partial charge >= 0.3 is 6.09 Å². The summed E-state index contributed by atoms with van der Waals surface area (Å²) in [5.74, 6) is -0.281. The molecule has 32 heavy (non-hydrogen) atoms. The van der Waals surface area contributed by atoms with Crippen molar-refractivity contribution in [2.45, 2.75) is 63.8 Å². The van der Waals surface area contributed by atoms with Gasteiger partial charge in [-0.1, -0.05) is 12.1 Å². The van der Waals surface area contributed by atoms with Crippen LogP contribution in [-0.4, -0.2) is 77.2 Å². The molecule has 184 valence electrons. The zero-order chi connectivity index (χ0) is 24.1. The average Bonchev–Trinajstić information content (AvgIpc) is 2.75. The lowest BCUT2D eigenvalue weighted by Crippen LogP contribution is -2.37. The predicted octanol–water partition coefficient (Wildman–Crippen LogP) is 0.920. The molecule has 0 aromatic heterocycles. The minimum atomic E-state index is -1.09. The maximum absolute atomic E-state index is 13.3. The summed E-state index contributed by atoms with van der Waals surface area (Å²) in [5, 5.41) is 38.2.